The third-order valence-corrected chi connectivity index (χ3v) is 8.17. The third-order valence-electron chi connectivity index (χ3n) is 7.26. The van der Waals surface area contributed by atoms with Gasteiger partial charge in [-0.1, -0.05) is 84.6 Å². The predicted octanol–water partition coefficient (Wildman–Crippen LogP) is 4.95. The van der Waals surface area contributed by atoms with Crippen molar-refractivity contribution >= 4 is 23.6 Å². The highest BCUT2D eigenvalue weighted by molar-refractivity contribution is 7.99. The standard InChI is InChI=1S/C32H35N5O2S/c1-24-10-9-15-28(20-24)37-29(21-27-13-7-4-8-14-27)33-34-32(37)40-23-31(39)35-18-19-36(25(2)22-35)30(38)17-16-26-11-5-3-6-12-26/h3-15,20,25H,16-19,21-23H2,1-2H3. The number of hydrogen-bond donors (Lipinski definition) is 0. The van der Waals surface area contributed by atoms with Crippen molar-refractivity contribution in [2.75, 3.05) is 25.4 Å². The number of aromatic nitrogens is 3. The van der Waals surface area contributed by atoms with Crippen molar-refractivity contribution in [2.45, 2.75) is 44.3 Å². The van der Waals surface area contributed by atoms with Gasteiger partial charge in [0.1, 0.15) is 5.82 Å². The lowest BCUT2D eigenvalue weighted by molar-refractivity contribution is -0.141. The second-order valence-electron chi connectivity index (χ2n) is 10.3. The molecule has 1 aromatic heterocycles. The largest absolute Gasteiger partial charge is 0.338 e. The van der Waals surface area contributed by atoms with E-state index in [1.807, 2.05) is 65.3 Å². The lowest BCUT2D eigenvalue weighted by Crippen LogP contribution is -2.55. The fourth-order valence-electron chi connectivity index (χ4n) is 5.12. The highest BCUT2D eigenvalue weighted by Gasteiger charge is 2.29. The van der Waals surface area contributed by atoms with E-state index in [9.17, 15) is 9.59 Å². The van der Waals surface area contributed by atoms with E-state index in [1.54, 1.807) is 0 Å². The molecule has 1 fully saturated rings. The number of piperazine rings is 1. The van der Waals surface area contributed by atoms with Gasteiger partial charge in [-0.3, -0.25) is 14.2 Å². The molecule has 3 aromatic carbocycles. The molecule has 40 heavy (non-hydrogen) atoms. The van der Waals surface area contributed by atoms with Crippen molar-refractivity contribution < 1.29 is 9.59 Å². The van der Waals surface area contributed by atoms with Crippen molar-refractivity contribution in [2.24, 2.45) is 0 Å². The molecule has 0 aliphatic carbocycles. The first-order valence-corrected chi connectivity index (χ1v) is 14.8. The second kappa shape index (κ2) is 13.0. The minimum absolute atomic E-state index is 0.0144. The van der Waals surface area contributed by atoms with Crippen molar-refractivity contribution in [3.8, 4) is 5.69 Å². The van der Waals surface area contributed by atoms with E-state index in [4.69, 9.17) is 0 Å². The Labute approximate surface area is 240 Å². The Bertz CT molecular complexity index is 1440. The number of rotatable bonds is 9. The van der Waals surface area contributed by atoms with Crippen LogP contribution in [0.2, 0.25) is 0 Å². The normalized spacial score (nSPS) is 15.3. The molecule has 2 amide bonds. The van der Waals surface area contributed by atoms with Gasteiger partial charge >= 0.3 is 0 Å². The van der Waals surface area contributed by atoms with Gasteiger partial charge < -0.3 is 9.80 Å². The maximum atomic E-state index is 13.2. The number of hydrogen-bond acceptors (Lipinski definition) is 5. The zero-order chi connectivity index (χ0) is 27.9. The Morgan fingerprint density at radius 2 is 1.60 bits per heavy atom. The van der Waals surface area contributed by atoms with E-state index in [1.165, 1.54) is 17.3 Å². The first kappa shape index (κ1) is 27.6. The second-order valence-corrected chi connectivity index (χ2v) is 11.2. The molecule has 2 heterocycles. The van der Waals surface area contributed by atoms with E-state index in [-0.39, 0.29) is 23.6 Å². The number of nitrogens with zero attached hydrogens (tertiary/aromatic N) is 5. The van der Waals surface area contributed by atoms with Gasteiger partial charge in [0, 0.05) is 44.2 Å². The Morgan fingerprint density at radius 1 is 0.875 bits per heavy atom. The molecule has 0 spiro atoms. The van der Waals surface area contributed by atoms with Gasteiger partial charge in [-0.2, -0.15) is 0 Å². The zero-order valence-electron chi connectivity index (χ0n) is 23.1. The molecular formula is C32H35N5O2S. The molecule has 5 rings (SSSR count). The minimum Gasteiger partial charge on any atom is -0.338 e. The van der Waals surface area contributed by atoms with Crippen LogP contribution in [-0.2, 0) is 22.4 Å². The predicted molar refractivity (Wildman–Crippen MR) is 159 cm³/mol. The number of amides is 2. The van der Waals surface area contributed by atoms with Crippen LogP contribution >= 0.6 is 11.8 Å². The Kier molecular flexibility index (Phi) is 8.96. The maximum Gasteiger partial charge on any atom is 0.233 e. The summed E-state index contributed by atoms with van der Waals surface area (Å²) in [6, 6.07) is 28.5. The van der Waals surface area contributed by atoms with Crippen LogP contribution in [0, 0.1) is 6.92 Å². The monoisotopic (exact) mass is 553 g/mol. The van der Waals surface area contributed by atoms with Crippen LogP contribution in [0.4, 0.5) is 0 Å². The summed E-state index contributed by atoms with van der Waals surface area (Å²) in [5.41, 5.74) is 4.46. The van der Waals surface area contributed by atoms with Gasteiger partial charge in [-0.05, 0) is 49.1 Å². The van der Waals surface area contributed by atoms with Gasteiger partial charge in [-0.15, -0.1) is 10.2 Å². The van der Waals surface area contributed by atoms with Crippen LogP contribution in [0.1, 0.15) is 35.9 Å². The molecule has 0 radical (unpaired) electrons. The van der Waals surface area contributed by atoms with E-state index < -0.39 is 0 Å². The van der Waals surface area contributed by atoms with E-state index in [2.05, 4.69) is 58.1 Å². The van der Waals surface area contributed by atoms with Gasteiger partial charge in [-0.25, -0.2) is 0 Å². The van der Waals surface area contributed by atoms with Crippen LogP contribution in [-0.4, -0.2) is 67.8 Å². The number of thioether (sulfide) groups is 1. The summed E-state index contributed by atoms with van der Waals surface area (Å²) in [6.45, 7) is 5.74. The molecule has 1 saturated heterocycles. The molecule has 8 heteroatoms. The van der Waals surface area contributed by atoms with E-state index in [0.717, 1.165) is 29.1 Å². The summed E-state index contributed by atoms with van der Waals surface area (Å²) in [5.74, 6) is 1.30. The van der Waals surface area contributed by atoms with Gasteiger partial charge in [0.15, 0.2) is 5.16 Å². The van der Waals surface area contributed by atoms with Crippen molar-refractivity contribution in [1.29, 1.82) is 0 Å². The number of benzene rings is 3. The molecule has 0 N–H and O–H groups in total. The topological polar surface area (TPSA) is 71.3 Å². The summed E-state index contributed by atoms with van der Waals surface area (Å²) >= 11 is 1.41. The van der Waals surface area contributed by atoms with E-state index >= 15 is 0 Å². The quantitative estimate of drug-likeness (QED) is 0.274. The zero-order valence-corrected chi connectivity index (χ0v) is 23.9. The van der Waals surface area contributed by atoms with E-state index in [0.29, 0.717) is 37.6 Å². The smallest absolute Gasteiger partial charge is 0.233 e. The lowest BCUT2D eigenvalue weighted by Gasteiger charge is -2.40. The summed E-state index contributed by atoms with van der Waals surface area (Å²) in [7, 11) is 0. The maximum absolute atomic E-state index is 13.2. The molecule has 206 valence electrons. The van der Waals surface area contributed by atoms with Crippen LogP contribution in [0.15, 0.2) is 90.1 Å². The average Bonchev–Trinajstić information content (AvgIpc) is 3.37. The summed E-state index contributed by atoms with van der Waals surface area (Å²) in [4.78, 5) is 29.9. The molecule has 1 unspecified atom stereocenters. The van der Waals surface area contributed by atoms with Gasteiger partial charge in [0.2, 0.25) is 11.8 Å². The lowest BCUT2D eigenvalue weighted by atomic mass is 10.1. The molecular weight excluding hydrogens is 518 g/mol. The van der Waals surface area contributed by atoms with Gasteiger partial charge in [0.25, 0.3) is 0 Å². The summed E-state index contributed by atoms with van der Waals surface area (Å²) in [5, 5.41) is 9.70. The highest BCUT2D eigenvalue weighted by atomic mass is 32.2. The first-order chi connectivity index (χ1) is 19.5. The van der Waals surface area contributed by atoms with Crippen molar-refractivity contribution in [3.05, 3.63) is 107 Å². The SMILES string of the molecule is Cc1cccc(-n2c(Cc3ccccc3)nnc2SCC(=O)N2CCN(C(=O)CCc3ccccc3)C(C)C2)c1. The Hall–Kier alpha value is -3.91. The van der Waals surface area contributed by atoms with Gasteiger partial charge in [0.05, 0.1) is 5.75 Å². The summed E-state index contributed by atoms with van der Waals surface area (Å²) < 4.78 is 2.06. The fraction of sp³-hybridized carbons (Fsp3) is 0.312. The molecule has 0 bridgehead atoms. The fourth-order valence-corrected chi connectivity index (χ4v) is 6.00. The third kappa shape index (κ3) is 6.80. The summed E-state index contributed by atoms with van der Waals surface area (Å²) in [6.07, 6.45) is 1.86. The molecule has 0 saturated carbocycles. The molecule has 7 nitrogen and oxygen atoms in total. The first-order valence-electron chi connectivity index (χ1n) is 13.8. The Balaban J connectivity index is 1.21. The molecule has 1 aliphatic heterocycles. The highest BCUT2D eigenvalue weighted by Crippen LogP contribution is 2.25. The molecule has 4 aromatic rings. The number of aryl methyl sites for hydroxylation is 2. The van der Waals surface area contributed by atoms with Crippen LogP contribution in [0.25, 0.3) is 5.69 Å². The Morgan fingerprint density at radius 3 is 2.30 bits per heavy atom. The van der Waals surface area contributed by atoms with Crippen molar-refractivity contribution in [1.82, 2.24) is 24.6 Å². The molecule has 1 aliphatic rings. The number of carbonyl (C=O) groups is 2. The van der Waals surface area contributed by atoms with Crippen LogP contribution in [0.5, 0.6) is 0 Å². The number of carbonyl (C=O) groups excluding carboxylic acids is 2. The molecule has 1 atom stereocenters. The van der Waals surface area contributed by atoms with Crippen molar-refractivity contribution in [3.63, 3.8) is 0 Å². The average molecular weight is 554 g/mol. The van der Waals surface area contributed by atoms with Crippen LogP contribution < -0.4 is 0 Å². The van der Waals surface area contributed by atoms with Crippen LogP contribution in [0.3, 0.4) is 0 Å². The minimum atomic E-state index is -0.0144.